The molecule has 2 amide bonds. The zero-order valence-corrected chi connectivity index (χ0v) is 22.4. The Morgan fingerprint density at radius 2 is 1.97 bits per heavy atom. The Morgan fingerprint density at radius 1 is 1.25 bits per heavy atom. The molecule has 2 unspecified atom stereocenters. The lowest BCUT2D eigenvalue weighted by Crippen LogP contribution is -2.59. The van der Waals surface area contributed by atoms with Gasteiger partial charge >= 0.3 is 5.97 Å². The van der Waals surface area contributed by atoms with Crippen LogP contribution in [0.5, 0.6) is 0 Å². The first-order valence-electron chi connectivity index (χ1n) is 13.5. The molecule has 3 saturated heterocycles. The molecule has 6 atom stereocenters. The first-order valence-corrected chi connectivity index (χ1v) is 13.5. The number of carbonyl (C=O) groups is 3. The molecule has 1 N–H and O–H groups in total. The van der Waals surface area contributed by atoms with E-state index in [0.29, 0.717) is 32.4 Å². The highest BCUT2D eigenvalue weighted by molar-refractivity contribution is 5.98. The number of unbranched alkanes of at least 4 members (excludes halogenated alkanes) is 2. The SMILES string of the molecule is C=CCOC(=O)[C@H]1[C@H]2C(=O)N([C@@H](CO)C(C)C)C(C(=O)N(CC=C)CCCCC)C23CC[C@]1(CC)O3. The maximum Gasteiger partial charge on any atom is 0.313 e. The number of aliphatic hydroxyl groups is 1. The first kappa shape index (κ1) is 28.4. The van der Waals surface area contributed by atoms with Crippen LogP contribution in [0.15, 0.2) is 25.3 Å². The van der Waals surface area contributed by atoms with Gasteiger partial charge in [-0.2, -0.15) is 0 Å². The summed E-state index contributed by atoms with van der Waals surface area (Å²) in [7, 11) is 0. The number of aliphatic hydroxyl groups excluding tert-OH is 1. The Labute approximate surface area is 215 Å². The molecule has 8 heteroatoms. The summed E-state index contributed by atoms with van der Waals surface area (Å²) in [5, 5.41) is 10.3. The fourth-order valence-electron chi connectivity index (χ4n) is 6.68. The molecule has 0 radical (unpaired) electrons. The van der Waals surface area contributed by atoms with Crippen molar-refractivity contribution in [2.45, 2.75) is 89.5 Å². The van der Waals surface area contributed by atoms with E-state index in [-0.39, 0.29) is 30.9 Å². The number of nitrogens with zero attached hydrogens (tertiary/aromatic N) is 2. The minimum atomic E-state index is -1.13. The van der Waals surface area contributed by atoms with E-state index in [0.717, 1.165) is 19.3 Å². The van der Waals surface area contributed by atoms with Gasteiger partial charge in [-0.1, -0.05) is 59.3 Å². The molecule has 0 saturated carbocycles. The van der Waals surface area contributed by atoms with Crippen molar-refractivity contribution in [1.82, 2.24) is 9.80 Å². The molecular formula is C28H44N2O6. The molecule has 3 fully saturated rings. The second-order valence-corrected chi connectivity index (χ2v) is 10.8. The molecule has 1 spiro atoms. The van der Waals surface area contributed by atoms with E-state index in [1.54, 1.807) is 15.9 Å². The molecule has 0 aliphatic carbocycles. The summed E-state index contributed by atoms with van der Waals surface area (Å²) in [6.45, 7) is 16.0. The predicted octanol–water partition coefficient (Wildman–Crippen LogP) is 3.09. The van der Waals surface area contributed by atoms with Gasteiger partial charge < -0.3 is 24.4 Å². The molecule has 0 aromatic heterocycles. The lowest BCUT2D eigenvalue weighted by molar-refractivity contribution is -0.163. The Bertz CT molecular complexity index is 859. The van der Waals surface area contributed by atoms with Gasteiger partial charge in [-0.15, -0.1) is 6.58 Å². The Kier molecular flexibility index (Phi) is 9.04. The summed E-state index contributed by atoms with van der Waals surface area (Å²) < 4.78 is 12.2. The van der Waals surface area contributed by atoms with Crippen molar-refractivity contribution in [2.24, 2.45) is 17.8 Å². The Morgan fingerprint density at radius 3 is 2.53 bits per heavy atom. The van der Waals surface area contributed by atoms with Crippen LogP contribution in [0.1, 0.15) is 66.2 Å². The Hall–Kier alpha value is -2.19. The first-order chi connectivity index (χ1) is 17.2. The smallest absolute Gasteiger partial charge is 0.313 e. The topological polar surface area (TPSA) is 96.4 Å². The molecule has 0 aromatic rings. The number of ether oxygens (including phenoxy) is 2. The average Bonchev–Trinajstić information content (AvgIpc) is 3.46. The van der Waals surface area contributed by atoms with Crippen molar-refractivity contribution < 1.29 is 29.0 Å². The molecule has 3 aliphatic rings. The number of carbonyl (C=O) groups excluding carboxylic acids is 3. The van der Waals surface area contributed by atoms with Crippen molar-refractivity contribution in [3.05, 3.63) is 25.3 Å². The third kappa shape index (κ3) is 4.51. The standard InChI is InChI=1S/C28H44N2O6/c1-7-11-12-16-29(15-8-2)25(33)23-28-14-13-27(10-4,36-28)22(26(34)35-17-9-3)21(28)24(32)30(23)20(18-31)19(5)6/h8-9,19-23,31H,2-3,7,10-18H2,1,4-6H3/t20-,21-,22+,23?,27-,28?/m0/s1. The van der Waals surface area contributed by atoms with E-state index in [4.69, 9.17) is 9.47 Å². The minimum absolute atomic E-state index is 0.0465. The van der Waals surface area contributed by atoms with E-state index in [2.05, 4.69) is 20.1 Å². The van der Waals surface area contributed by atoms with Crippen molar-refractivity contribution >= 4 is 17.8 Å². The number of fused-ring (bicyclic) bond motifs is 1. The van der Waals surface area contributed by atoms with E-state index in [1.165, 1.54) is 6.08 Å². The lowest BCUT2D eigenvalue weighted by Gasteiger charge is -2.40. The van der Waals surface area contributed by atoms with Crippen molar-refractivity contribution in [3.8, 4) is 0 Å². The zero-order chi connectivity index (χ0) is 26.7. The summed E-state index contributed by atoms with van der Waals surface area (Å²) in [6, 6.07) is -1.49. The number of amides is 2. The van der Waals surface area contributed by atoms with Crippen LogP contribution in [0, 0.1) is 17.8 Å². The van der Waals surface area contributed by atoms with Crippen molar-refractivity contribution in [3.63, 3.8) is 0 Å². The van der Waals surface area contributed by atoms with Gasteiger partial charge in [0.25, 0.3) is 0 Å². The largest absolute Gasteiger partial charge is 0.461 e. The normalized spacial score (nSPS) is 31.4. The van der Waals surface area contributed by atoms with Gasteiger partial charge in [0.1, 0.15) is 24.2 Å². The molecule has 2 bridgehead atoms. The molecule has 3 heterocycles. The number of likely N-dealkylation sites (tertiary alicyclic amines) is 1. The van der Waals surface area contributed by atoms with Crippen LogP contribution in [0.3, 0.4) is 0 Å². The lowest BCUT2D eigenvalue weighted by atomic mass is 9.65. The van der Waals surface area contributed by atoms with E-state index < -0.39 is 41.1 Å². The fraction of sp³-hybridized carbons (Fsp3) is 0.750. The van der Waals surface area contributed by atoms with Gasteiger partial charge in [0.15, 0.2) is 0 Å². The van der Waals surface area contributed by atoms with Crippen molar-refractivity contribution in [1.29, 1.82) is 0 Å². The van der Waals surface area contributed by atoms with Gasteiger partial charge in [-0.25, -0.2) is 0 Å². The van der Waals surface area contributed by atoms with Gasteiger partial charge in [0.05, 0.1) is 24.2 Å². The Balaban J connectivity index is 2.11. The van der Waals surface area contributed by atoms with Crippen LogP contribution in [0.2, 0.25) is 0 Å². The van der Waals surface area contributed by atoms with Crippen LogP contribution < -0.4 is 0 Å². The van der Waals surface area contributed by atoms with Gasteiger partial charge in [-0.05, 0) is 31.6 Å². The molecule has 8 nitrogen and oxygen atoms in total. The van der Waals surface area contributed by atoms with Crippen LogP contribution >= 0.6 is 0 Å². The zero-order valence-electron chi connectivity index (χ0n) is 22.4. The fourth-order valence-corrected chi connectivity index (χ4v) is 6.68. The van der Waals surface area contributed by atoms with Crippen LogP contribution in [-0.4, -0.2) is 82.3 Å². The summed E-state index contributed by atoms with van der Waals surface area (Å²) >= 11 is 0. The van der Waals surface area contributed by atoms with Gasteiger partial charge in [-0.3, -0.25) is 14.4 Å². The van der Waals surface area contributed by atoms with Crippen molar-refractivity contribution in [2.75, 3.05) is 26.3 Å². The molecular weight excluding hydrogens is 460 g/mol. The van der Waals surface area contributed by atoms with E-state index in [9.17, 15) is 19.5 Å². The third-order valence-corrected chi connectivity index (χ3v) is 8.46. The molecule has 36 heavy (non-hydrogen) atoms. The summed E-state index contributed by atoms with van der Waals surface area (Å²) in [5.74, 6) is -2.71. The molecule has 3 rings (SSSR count). The number of hydrogen-bond acceptors (Lipinski definition) is 6. The number of esters is 1. The minimum Gasteiger partial charge on any atom is -0.461 e. The quantitative estimate of drug-likeness (QED) is 0.222. The maximum atomic E-state index is 14.3. The summed E-state index contributed by atoms with van der Waals surface area (Å²) in [4.78, 5) is 45.1. The number of hydrogen-bond donors (Lipinski definition) is 1. The van der Waals surface area contributed by atoms with Crippen LogP contribution in [-0.2, 0) is 23.9 Å². The highest BCUT2D eigenvalue weighted by atomic mass is 16.6. The maximum absolute atomic E-state index is 14.3. The predicted molar refractivity (Wildman–Crippen MR) is 137 cm³/mol. The van der Waals surface area contributed by atoms with E-state index in [1.807, 2.05) is 20.8 Å². The monoisotopic (exact) mass is 504 g/mol. The second kappa shape index (κ2) is 11.5. The van der Waals surface area contributed by atoms with E-state index >= 15 is 0 Å². The summed E-state index contributed by atoms with van der Waals surface area (Å²) in [5.41, 5.74) is -1.98. The highest BCUT2D eigenvalue weighted by Gasteiger charge is 2.79. The summed E-state index contributed by atoms with van der Waals surface area (Å²) in [6.07, 6.45) is 7.66. The van der Waals surface area contributed by atoms with Crippen LogP contribution in [0.4, 0.5) is 0 Å². The van der Waals surface area contributed by atoms with Gasteiger partial charge in [0.2, 0.25) is 11.8 Å². The number of rotatable bonds is 14. The average molecular weight is 505 g/mol. The molecule has 202 valence electrons. The van der Waals surface area contributed by atoms with Crippen LogP contribution in [0.25, 0.3) is 0 Å². The highest BCUT2D eigenvalue weighted by Crippen LogP contribution is 2.65. The molecule has 3 aliphatic heterocycles. The third-order valence-electron chi connectivity index (χ3n) is 8.46. The second-order valence-electron chi connectivity index (χ2n) is 10.8. The van der Waals surface area contributed by atoms with Gasteiger partial charge in [0, 0.05) is 13.1 Å². The molecule has 0 aromatic carbocycles.